The summed E-state index contributed by atoms with van der Waals surface area (Å²) in [6.07, 6.45) is 4.24. The quantitative estimate of drug-likeness (QED) is 0.421. The average molecular weight is 449 g/mol. The number of anilines is 1. The highest BCUT2D eigenvalue weighted by atomic mass is 19.1. The smallest absolute Gasteiger partial charge is 0.175 e. The van der Waals surface area contributed by atoms with Crippen molar-refractivity contribution in [3.63, 3.8) is 0 Å². The van der Waals surface area contributed by atoms with Gasteiger partial charge in [-0.25, -0.2) is 18.7 Å². The lowest BCUT2D eigenvalue weighted by molar-refractivity contribution is 0.445. The number of fused-ring (bicyclic) bond motifs is 2. The van der Waals surface area contributed by atoms with Crippen molar-refractivity contribution in [1.29, 1.82) is 0 Å². The van der Waals surface area contributed by atoms with Crippen molar-refractivity contribution in [1.82, 2.24) is 15.0 Å². The van der Waals surface area contributed by atoms with E-state index in [1.165, 1.54) is 12.1 Å². The number of phenolic OH excluding ortho intramolecular Hbond substituents is 1. The molecule has 0 radical (unpaired) electrons. The number of benzene rings is 2. The van der Waals surface area contributed by atoms with Gasteiger partial charge in [0.25, 0.3) is 0 Å². The SMILES string of the molecule is CCc1c(F)ccc2cc(O)cc(-c3ncc4c(N5CCC[C@H](C)C5)nc(C)nc4c3F)c12. The number of hydrogen-bond donors (Lipinski definition) is 1. The van der Waals surface area contributed by atoms with Crippen molar-refractivity contribution < 1.29 is 13.9 Å². The molecular weight excluding hydrogens is 422 g/mol. The summed E-state index contributed by atoms with van der Waals surface area (Å²) in [5, 5.41) is 12.1. The molecule has 33 heavy (non-hydrogen) atoms. The van der Waals surface area contributed by atoms with Crippen LogP contribution in [-0.2, 0) is 6.42 Å². The third kappa shape index (κ3) is 3.65. The van der Waals surface area contributed by atoms with Gasteiger partial charge in [-0.1, -0.05) is 19.9 Å². The van der Waals surface area contributed by atoms with E-state index >= 15 is 4.39 Å². The molecule has 3 heterocycles. The van der Waals surface area contributed by atoms with Crippen LogP contribution in [0.25, 0.3) is 32.9 Å². The predicted molar refractivity (Wildman–Crippen MR) is 127 cm³/mol. The highest BCUT2D eigenvalue weighted by molar-refractivity contribution is 6.01. The maximum absolute atomic E-state index is 16.0. The van der Waals surface area contributed by atoms with Gasteiger partial charge < -0.3 is 10.0 Å². The van der Waals surface area contributed by atoms with E-state index in [2.05, 4.69) is 26.8 Å². The van der Waals surface area contributed by atoms with E-state index in [1.54, 1.807) is 25.3 Å². The third-order valence-electron chi connectivity index (χ3n) is 6.49. The van der Waals surface area contributed by atoms with Crippen molar-refractivity contribution in [2.45, 2.75) is 40.0 Å². The summed E-state index contributed by atoms with van der Waals surface area (Å²) in [6.45, 7) is 7.52. The molecule has 4 aromatic rings. The summed E-state index contributed by atoms with van der Waals surface area (Å²) < 4.78 is 30.6. The molecule has 0 aliphatic carbocycles. The van der Waals surface area contributed by atoms with Gasteiger partial charge in [0.15, 0.2) is 5.82 Å². The van der Waals surface area contributed by atoms with E-state index in [9.17, 15) is 9.50 Å². The number of nitrogens with zero attached hydrogens (tertiary/aromatic N) is 4. The lowest BCUT2D eigenvalue weighted by Crippen LogP contribution is -2.35. The molecule has 5 rings (SSSR count). The van der Waals surface area contributed by atoms with Crippen molar-refractivity contribution >= 4 is 27.5 Å². The summed E-state index contributed by atoms with van der Waals surface area (Å²) in [5.41, 5.74) is 1.04. The van der Waals surface area contributed by atoms with E-state index in [0.717, 1.165) is 25.9 Å². The highest BCUT2D eigenvalue weighted by Gasteiger charge is 2.24. The van der Waals surface area contributed by atoms with Gasteiger partial charge in [-0.15, -0.1) is 0 Å². The number of rotatable bonds is 3. The Kier molecular flexibility index (Phi) is 5.35. The van der Waals surface area contributed by atoms with Crippen LogP contribution in [0.1, 0.15) is 38.1 Å². The molecule has 1 aliphatic heterocycles. The predicted octanol–water partition coefficient (Wildman–Crippen LogP) is 5.94. The molecular formula is C26H26F2N4O. The zero-order chi connectivity index (χ0) is 23.3. The third-order valence-corrected chi connectivity index (χ3v) is 6.49. The molecule has 5 nitrogen and oxygen atoms in total. The molecule has 170 valence electrons. The van der Waals surface area contributed by atoms with Gasteiger partial charge in [-0.3, -0.25) is 4.98 Å². The van der Waals surface area contributed by atoms with Crippen molar-refractivity contribution in [2.75, 3.05) is 18.0 Å². The second kappa shape index (κ2) is 8.21. The fourth-order valence-corrected chi connectivity index (χ4v) is 4.99. The van der Waals surface area contributed by atoms with E-state index in [0.29, 0.717) is 51.3 Å². The zero-order valence-corrected chi connectivity index (χ0v) is 19.0. The van der Waals surface area contributed by atoms with E-state index < -0.39 is 5.82 Å². The zero-order valence-electron chi connectivity index (χ0n) is 19.0. The molecule has 1 aliphatic rings. The first-order valence-electron chi connectivity index (χ1n) is 11.4. The maximum atomic E-state index is 16.0. The van der Waals surface area contributed by atoms with Gasteiger partial charge in [-0.2, -0.15) is 0 Å². The highest BCUT2D eigenvalue weighted by Crippen LogP contribution is 2.38. The van der Waals surface area contributed by atoms with Gasteiger partial charge >= 0.3 is 0 Å². The Hall–Kier alpha value is -3.35. The first-order valence-corrected chi connectivity index (χ1v) is 11.4. The van der Waals surface area contributed by atoms with Crippen LogP contribution in [0.4, 0.5) is 14.6 Å². The molecule has 7 heteroatoms. The first kappa shape index (κ1) is 21.5. The normalized spacial score (nSPS) is 16.6. The Balaban J connectivity index is 1.77. The number of aromatic hydroxyl groups is 1. The molecule has 1 atom stereocenters. The molecule has 0 unspecified atom stereocenters. The maximum Gasteiger partial charge on any atom is 0.175 e. The van der Waals surface area contributed by atoms with Crippen molar-refractivity contribution in [3.05, 3.63) is 53.5 Å². The van der Waals surface area contributed by atoms with E-state index in [4.69, 9.17) is 0 Å². The molecule has 0 bridgehead atoms. The Bertz CT molecular complexity index is 1390. The van der Waals surface area contributed by atoms with Crippen LogP contribution in [0, 0.1) is 24.5 Å². The second-order valence-electron chi connectivity index (χ2n) is 8.94. The minimum Gasteiger partial charge on any atom is -0.508 e. The minimum absolute atomic E-state index is 0.0330. The molecule has 2 aromatic carbocycles. The molecule has 0 spiro atoms. The van der Waals surface area contributed by atoms with Crippen LogP contribution in [0.3, 0.4) is 0 Å². The Morgan fingerprint density at radius 3 is 2.76 bits per heavy atom. The number of piperidine rings is 1. The van der Waals surface area contributed by atoms with Crippen LogP contribution in [0.15, 0.2) is 30.5 Å². The second-order valence-corrected chi connectivity index (χ2v) is 8.94. The number of aryl methyl sites for hydroxylation is 2. The summed E-state index contributed by atoms with van der Waals surface area (Å²) in [7, 11) is 0. The monoisotopic (exact) mass is 448 g/mol. The molecule has 1 saturated heterocycles. The number of pyridine rings is 1. The van der Waals surface area contributed by atoms with Gasteiger partial charge in [0.05, 0.1) is 5.39 Å². The lowest BCUT2D eigenvalue weighted by Gasteiger charge is -2.32. The number of halogens is 2. The minimum atomic E-state index is -0.595. The molecule has 1 N–H and O–H groups in total. The summed E-state index contributed by atoms with van der Waals surface area (Å²) >= 11 is 0. The average Bonchev–Trinajstić information content (AvgIpc) is 2.79. The van der Waals surface area contributed by atoms with Crippen molar-refractivity contribution in [3.8, 4) is 17.0 Å². The summed E-state index contributed by atoms with van der Waals surface area (Å²) in [5.74, 6) is 0.715. The largest absolute Gasteiger partial charge is 0.508 e. The van der Waals surface area contributed by atoms with Crippen LogP contribution in [0.2, 0.25) is 0 Å². The number of aromatic nitrogens is 3. The molecule has 0 saturated carbocycles. The van der Waals surface area contributed by atoms with E-state index in [-0.39, 0.29) is 22.8 Å². The van der Waals surface area contributed by atoms with Crippen LogP contribution in [-0.4, -0.2) is 33.1 Å². The number of hydrogen-bond acceptors (Lipinski definition) is 5. The summed E-state index contributed by atoms with van der Waals surface area (Å²) in [4.78, 5) is 15.7. The fourth-order valence-electron chi connectivity index (χ4n) is 4.99. The Morgan fingerprint density at radius 2 is 2.00 bits per heavy atom. The molecule has 2 aromatic heterocycles. The Morgan fingerprint density at radius 1 is 1.18 bits per heavy atom. The first-order chi connectivity index (χ1) is 15.9. The van der Waals surface area contributed by atoms with Crippen molar-refractivity contribution in [2.24, 2.45) is 5.92 Å². The van der Waals surface area contributed by atoms with Crippen LogP contribution >= 0.6 is 0 Å². The van der Waals surface area contributed by atoms with Crippen LogP contribution < -0.4 is 4.90 Å². The van der Waals surface area contributed by atoms with Crippen LogP contribution in [0.5, 0.6) is 5.75 Å². The lowest BCUT2D eigenvalue weighted by atomic mass is 9.94. The molecule has 1 fully saturated rings. The van der Waals surface area contributed by atoms with E-state index in [1.807, 2.05) is 6.92 Å². The topological polar surface area (TPSA) is 62.1 Å². The number of phenols is 1. The Labute approximate surface area is 191 Å². The van der Waals surface area contributed by atoms with Gasteiger partial charge in [-0.05, 0) is 66.6 Å². The van der Waals surface area contributed by atoms with Gasteiger partial charge in [0.1, 0.15) is 34.4 Å². The molecule has 0 amide bonds. The summed E-state index contributed by atoms with van der Waals surface area (Å²) in [6, 6.07) is 5.96. The van der Waals surface area contributed by atoms with Gasteiger partial charge in [0.2, 0.25) is 0 Å². The standard InChI is InChI=1S/C26H26F2N4O/c1-4-18-21(27)8-7-16-10-17(33)11-19(22(16)18)24-23(28)25-20(12-29-24)26(31-15(3)30-25)32-9-5-6-14(2)13-32/h7-8,10-12,14,33H,4-6,9,13H2,1-3H3/t14-/m0/s1. The fraction of sp³-hybridized carbons (Fsp3) is 0.346. The van der Waals surface area contributed by atoms with Gasteiger partial charge in [0, 0.05) is 24.8 Å².